The fraction of sp³-hybridized carbons (Fsp3) is 0.400. The highest BCUT2D eigenvalue weighted by atomic mass is 35.5. The summed E-state index contributed by atoms with van der Waals surface area (Å²) in [7, 11) is 0. The summed E-state index contributed by atoms with van der Waals surface area (Å²) in [5.74, 6) is -1.03. The maximum atomic E-state index is 13.8. The highest BCUT2D eigenvalue weighted by Gasteiger charge is 2.35. The second-order valence-electron chi connectivity index (χ2n) is 8.98. The van der Waals surface area contributed by atoms with Gasteiger partial charge in [0.1, 0.15) is 6.07 Å². The maximum absolute atomic E-state index is 13.8. The Hall–Kier alpha value is -4.01. The van der Waals surface area contributed by atoms with E-state index in [0.717, 1.165) is 11.0 Å². The van der Waals surface area contributed by atoms with Crippen LogP contribution in [0.5, 0.6) is 0 Å². The number of rotatable bonds is 6. The predicted molar refractivity (Wildman–Crippen MR) is 134 cm³/mol. The lowest BCUT2D eigenvalue weighted by atomic mass is 9.96. The standard InChI is InChI=1S/C25H23ClF4N6O3/c1-14(2)39-24(38)35-5-3-4-21(19-8-16(12-31)20(26)10-22(19)35)36(23(37)11-27)13-15-6-17(25(28,29)30)9-18(7-15)33-34-32/h6-10,14,21H,3-5,11,13H2,1-2H3. The number of benzene rings is 2. The average molecular weight is 567 g/mol. The zero-order valence-electron chi connectivity index (χ0n) is 20.9. The predicted octanol–water partition coefficient (Wildman–Crippen LogP) is 7.36. The molecule has 14 heteroatoms. The van der Waals surface area contributed by atoms with Crippen molar-refractivity contribution in [2.75, 3.05) is 18.1 Å². The van der Waals surface area contributed by atoms with Crippen molar-refractivity contribution in [2.24, 2.45) is 5.11 Å². The van der Waals surface area contributed by atoms with Gasteiger partial charge >= 0.3 is 12.3 Å². The van der Waals surface area contributed by atoms with Crippen LogP contribution in [0.3, 0.4) is 0 Å². The van der Waals surface area contributed by atoms with E-state index in [1.165, 1.54) is 23.1 Å². The lowest BCUT2D eigenvalue weighted by Crippen LogP contribution is -2.36. The fourth-order valence-electron chi connectivity index (χ4n) is 4.35. The average Bonchev–Trinajstić information content (AvgIpc) is 3.04. The molecule has 0 bridgehead atoms. The van der Waals surface area contributed by atoms with E-state index in [2.05, 4.69) is 10.0 Å². The number of anilines is 1. The summed E-state index contributed by atoms with van der Waals surface area (Å²) >= 11 is 6.26. The summed E-state index contributed by atoms with van der Waals surface area (Å²) in [4.78, 5) is 30.6. The minimum absolute atomic E-state index is 0.0249. The Balaban J connectivity index is 2.17. The molecule has 0 N–H and O–H groups in total. The van der Waals surface area contributed by atoms with Crippen LogP contribution in [0, 0.1) is 11.3 Å². The minimum Gasteiger partial charge on any atom is -0.446 e. The summed E-state index contributed by atoms with van der Waals surface area (Å²) in [6.45, 7) is 1.52. The molecule has 0 spiro atoms. The van der Waals surface area contributed by atoms with Crippen LogP contribution in [-0.2, 0) is 22.3 Å². The van der Waals surface area contributed by atoms with Crippen molar-refractivity contribution in [1.82, 2.24) is 4.90 Å². The first kappa shape index (κ1) is 29.5. The molecule has 2 aromatic rings. The molecule has 1 heterocycles. The van der Waals surface area contributed by atoms with Crippen LogP contribution < -0.4 is 4.90 Å². The molecule has 0 saturated carbocycles. The van der Waals surface area contributed by atoms with Crippen LogP contribution in [0.2, 0.25) is 5.02 Å². The van der Waals surface area contributed by atoms with E-state index in [0.29, 0.717) is 12.5 Å². The Bertz CT molecular complexity index is 1350. The molecule has 0 fully saturated rings. The van der Waals surface area contributed by atoms with Crippen molar-refractivity contribution in [3.63, 3.8) is 0 Å². The molecule has 206 valence electrons. The number of fused-ring (bicyclic) bond motifs is 1. The van der Waals surface area contributed by atoms with Gasteiger partial charge in [0.05, 0.1) is 34.0 Å². The molecule has 39 heavy (non-hydrogen) atoms. The van der Waals surface area contributed by atoms with Crippen LogP contribution in [0.1, 0.15) is 55.0 Å². The number of azide groups is 1. The third kappa shape index (κ3) is 6.90. The van der Waals surface area contributed by atoms with Gasteiger partial charge in [-0.25, -0.2) is 9.18 Å². The minimum atomic E-state index is -4.78. The summed E-state index contributed by atoms with van der Waals surface area (Å²) in [5.41, 5.74) is 7.75. The Morgan fingerprint density at radius 2 is 2.03 bits per heavy atom. The van der Waals surface area contributed by atoms with E-state index in [1.807, 2.05) is 6.07 Å². The van der Waals surface area contributed by atoms with E-state index in [1.54, 1.807) is 13.8 Å². The molecule has 1 aliphatic rings. The molecule has 1 atom stereocenters. The van der Waals surface area contributed by atoms with E-state index in [4.69, 9.17) is 21.9 Å². The van der Waals surface area contributed by atoms with Gasteiger partial charge in [-0.2, -0.15) is 18.4 Å². The number of nitriles is 1. The summed E-state index contributed by atoms with van der Waals surface area (Å²) < 4.78 is 59.7. The van der Waals surface area contributed by atoms with Crippen molar-refractivity contribution in [1.29, 1.82) is 5.26 Å². The van der Waals surface area contributed by atoms with Crippen molar-refractivity contribution in [3.05, 3.63) is 68.1 Å². The van der Waals surface area contributed by atoms with Crippen molar-refractivity contribution in [2.45, 2.75) is 51.6 Å². The lowest BCUT2D eigenvalue weighted by molar-refractivity contribution is -0.137. The van der Waals surface area contributed by atoms with Gasteiger partial charge < -0.3 is 9.64 Å². The maximum Gasteiger partial charge on any atom is 0.416 e. The zero-order chi connectivity index (χ0) is 28.9. The van der Waals surface area contributed by atoms with Crippen LogP contribution in [0.15, 0.2) is 35.4 Å². The first-order valence-electron chi connectivity index (χ1n) is 11.7. The summed E-state index contributed by atoms with van der Waals surface area (Å²) in [5, 5.41) is 12.8. The van der Waals surface area contributed by atoms with Gasteiger partial charge in [0.2, 0.25) is 0 Å². The van der Waals surface area contributed by atoms with Crippen molar-refractivity contribution < 1.29 is 31.9 Å². The molecule has 2 aromatic carbocycles. The van der Waals surface area contributed by atoms with Gasteiger partial charge in [-0.3, -0.25) is 9.69 Å². The summed E-state index contributed by atoms with van der Waals surface area (Å²) in [6.07, 6.45) is -5.46. The van der Waals surface area contributed by atoms with E-state index >= 15 is 0 Å². The lowest BCUT2D eigenvalue weighted by Gasteiger charge is -2.33. The Morgan fingerprint density at radius 3 is 2.62 bits per heavy atom. The molecular weight excluding hydrogens is 544 g/mol. The normalized spacial score (nSPS) is 15.1. The zero-order valence-corrected chi connectivity index (χ0v) is 21.6. The Kier molecular flexibility index (Phi) is 9.27. The molecule has 1 unspecified atom stereocenters. The van der Waals surface area contributed by atoms with Crippen LogP contribution in [0.25, 0.3) is 10.4 Å². The molecule has 0 aliphatic carbocycles. The van der Waals surface area contributed by atoms with Crippen LogP contribution in [0.4, 0.5) is 33.7 Å². The largest absolute Gasteiger partial charge is 0.446 e. The third-order valence-corrected chi connectivity index (χ3v) is 6.24. The van der Waals surface area contributed by atoms with Gasteiger partial charge in [-0.15, -0.1) is 0 Å². The third-order valence-electron chi connectivity index (χ3n) is 5.93. The Morgan fingerprint density at radius 1 is 1.31 bits per heavy atom. The van der Waals surface area contributed by atoms with Gasteiger partial charge in [0.15, 0.2) is 6.67 Å². The molecule has 9 nitrogen and oxygen atoms in total. The monoisotopic (exact) mass is 566 g/mol. The quantitative estimate of drug-likeness (QED) is 0.157. The molecular formula is C25H23ClF4N6O3. The number of hydrogen-bond donors (Lipinski definition) is 0. The summed E-state index contributed by atoms with van der Waals surface area (Å²) in [6, 6.07) is 6.33. The second-order valence-corrected chi connectivity index (χ2v) is 9.38. The molecule has 0 radical (unpaired) electrons. The number of carbonyl (C=O) groups is 2. The SMILES string of the molecule is CC(C)OC(=O)N1CCCC(N(Cc2cc(N=[N+]=[N-])cc(C(F)(F)F)c2)C(=O)CF)c2cc(C#N)c(Cl)cc21. The number of alkyl halides is 4. The fourth-order valence-corrected chi connectivity index (χ4v) is 4.55. The molecule has 2 amide bonds. The first-order chi connectivity index (χ1) is 18.4. The van der Waals surface area contributed by atoms with Crippen molar-refractivity contribution in [3.8, 4) is 6.07 Å². The molecule has 1 aliphatic heterocycles. The number of hydrogen-bond acceptors (Lipinski definition) is 5. The van der Waals surface area contributed by atoms with Crippen LogP contribution in [-0.4, -0.2) is 36.2 Å². The number of ether oxygens (including phenoxy) is 1. The number of halogens is 5. The second kappa shape index (κ2) is 12.2. The molecule has 0 aromatic heterocycles. The topological polar surface area (TPSA) is 122 Å². The highest BCUT2D eigenvalue weighted by Crippen LogP contribution is 2.41. The van der Waals surface area contributed by atoms with E-state index < -0.39 is 49.1 Å². The number of amides is 2. The number of nitrogens with zero attached hydrogens (tertiary/aromatic N) is 6. The molecule has 3 rings (SSSR count). The highest BCUT2D eigenvalue weighted by molar-refractivity contribution is 6.32. The number of carbonyl (C=O) groups excluding carboxylic acids is 2. The van der Waals surface area contributed by atoms with Crippen LogP contribution >= 0.6 is 11.6 Å². The van der Waals surface area contributed by atoms with Crippen molar-refractivity contribution >= 4 is 35.0 Å². The van der Waals surface area contributed by atoms with Gasteiger partial charge in [0.25, 0.3) is 5.91 Å². The smallest absolute Gasteiger partial charge is 0.416 e. The van der Waals surface area contributed by atoms with Gasteiger partial charge in [0, 0.05) is 23.7 Å². The first-order valence-corrected chi connectivity index (χ1v) is 12.1. The van der Waals surface area contributed by atoms with Gasteiger partial charge in [-0.05, 0) is 73.7 Å². The van der Waals surface area contributed by atoms with Gasteiger partial charge in [-0.1, -0.05) is 16.7 Å². The van der Waals surface area contributed by atoms with E-state index in [9.17, 15) is 32.4 Å². The molecule has 0 saturated heterocycles. The van der Waals surface area contributed by atoms with E-state index in [-0.39, 0.29) is 46.1 Å². The Labute approximate surface area is 226 Å².